The van der Waals surface area contributed by atoms with E-state index in [4.69, 9.17) is 11.6 Å². The molecule has 1 aromatic carbocycles. The Morgan fingerprint density at radius 2 is 1.69 bits per heavy atom. The minimum atomic E-state index is 0.0431. The lowest BCUT2D eigenvalue weighted by Crippen LogP contribution is -2.65. The van der Waals surface area contributed by atoms with Crippen molar-refractivity contribution in [3.63, 3.8) is 0 Å². The summed E-state index contributed by atoms with van der Waals surface area (Å²) in [6, 6.07) is 5.76. The van der Waals surface area contributed by atoms with E-state index in [1.165, 1.54) is 62.5 Å². The molecule has 0 heterocycles. The Labute approximate surface area is 242 Å². The highest BCUT2D eigenvalue weighted by atomic mass is 35.5. The fourth-order valence-electron chi connectivity index (χ4n) is 12.3. The van der Waals surface area contributed by atoms with Crippen LogP contribution >= 0.6 is 11.6 Å². The summed E-state index contributed by atoms with van der Waals surface area (Å²) in [6.07, 6.45) is 13.7. The highest BCUT2D eigenvalue weighted by molar-refractivity contribution is 6.32. The van der Waals surface area contributed by atoms with Crippen molar-refractivity contribution in [3.05, 3.63) is 47.0 Å². The van der Waals surface area contributed by atoms with Gasteiger partial charge in [0.2, 0.25) is 0 Å². The van der Waals surface area contributed by atoms with Gasteiger partial charge in [0, 0.05) is 6.61 Å². The van der Waals surface area contributed by atoms with Gasteiger partial charge < -0.3 is 10.2 Å². The van der Waals surface area contributed by atoms with Crippen molar-refractivity contribution < 1.29 is 10.2 Å². The first kappa shape index (κ1) is 27.9. The van der Waals surface area contributed by atoms with Crippen LogP contribution in [0.4, 0.5) is 0 Å². The largest absolute Gasteiger partial charge is 0.506 e. The second-order valence-electron chi connectivity index (χ2n) is 15.9. The van der Waals surface area contributed by atoms with Gasteiger partial charge in [-0.3, -0.25) is 0 Å². The molecular formula is C36H51ClO2. The summed E-state index contributed by atoms with van der Waals surface area (Å²) in [5.74, 6) is 3.33. The van der Waals surface area contributed by atoms with E-state index in [1.54, 1.807) is 6.07 Å². The summed E-state index contributed by atoms with van der Waals surface area (Å²) in [4.78, 5) is 0. The summed E-state index contributed by atoms with van der Waals surface area (Å²) >= 11 is 6.37. The van der Waals surface area contributed by atoms with Gasteiger partial charge in [0.05, 0.1) is 5.02 Å². The molecule has 4 fully saturated rings. The monoisotopic (exact) mass is 550 g/mol. The highest BCUT2D eigenvalue weighted by Gasteiger charge is 2.70. The Bertz CT molecular complexity index is 1210. The number of phenols is 1. The topological polar surface area (TPSA) is 40.5 Å². The van der Waals surface area contributed by atoms with Crippen molar-refractivity contribution in [1.29, 1.82) is 0 Å². The number of hydrogen-bond donors (Lipinski definition) is 2. The molecule has 5 aliphatic rings. The Morgan fingerprint density at radius 1 is 0.949 bits per heavy atom. The van der Waals surface area contributed by atoms with Gasteiger partial charge in [0.1, 0.15) is 5.75 Å². The molecule has 5 aliphatic carbocycles. The van der Waals surface area contributed by atoms with Gasteiger partial charge in [-0.1, -0.05) is 70.5 Å². The van der Waals surface area contributed by atoms with E-state index < -0.39 is 0 Å². The van der Waals surface area contributed by atoms with E-state index in [1.807, 2.05) is 12.1 Å². The zero-order valence-electron chi connectivity index (χ0n) is 25.2. The first-order valence-corrected chi connectivity index (χ1v) is 16.1. The second kappa shape index (κ2) is 8.87. The van der Waals surface area contributed by atoms with Crippen molar-refractivity contribution in [2.24, 2.45) is 56.7 Å². The zero-order valence-corrected chi connectivity index (χ0v) is 26.0. The number of aromatic hydroxyl groups is 1. The number of phenolic OH excluding ortho intramolecular Hbond substituents is 1. The maximum Gasteiger partial charge on any atom is 0.134 e. The number of aliphatic hydroxyl groups is 1. The van der Waals surface area contributed by atoms with E-state index >= 15 is 0 Å². The van der Waals surface area contributed by atoms with E-state index in [0.29, 0.717) is 52.0 Å². The second-order valence-corrected chi connectivity index (χ2v) is 16.3. The van der Waals surface area contributed by atoms with Crippen molar-refractivity contribution in [1.82, 2.24) is 0 Å². The lowest BCUT2D eigenvalue weighted by atomic mass is 9.32. The normalized spacial score (nSPS) is 46.4. The molecule has 2 N–H and O–H groups in total. The van der Waals surface area contributed by atoms with Gasteiger partial charge in [-0.15, -0.1) is 0 Å². The van der Waals surface area contributed by atoms with E-state index in [9.17, 15) is 10.2 Å². The van der Waals surface area contributed by atoms with Crippen LogP contribution < -0.4 is 0 Å². The molecule has 0 amide bonds. The van der Waals surface area contributed by atoms with Crippen LogP contribution in [-0.4, -0.2) is 16.8 Å². The summed E-state index contributed by atoms with van der Waals surface area (Å²) in [6.45, 7) is 20.0. The maximum absolute atomic E-state index is 10.8. The Hall–Kier alpha value is -1.25. The average molecular weight is 551 g/mol. The Balaban J connectivity index is 1.38. The molecule has 0 aromatic heterocycles. The van der Waals surface area contributed by atoms with E-state index in [0.717, 1.165) is 12.0 Å². The molecule has 6 rings (SSSR count). The van der Waals surface area contributed by atoms with Gasteiger partial charge in [0.15, 0.2) is 0 Å². The number of halogens is 1. The van der Waals surface area contributed by atoms with Gasteiger partial charge in [-0.05, 0) is 145 Å². The standard InChI is InChI=1S/C36H51ClO2/c1-22(2)24-12-17-36(21-38)19-18-34(6)26(31(24)36)9-11-30-33(5)15-13-25(23-8-10-28(39)27(37)20-23)32(3,4)29(33)14-16-35(30,34)7/h8,10,13,20,24,26,29-31,38-39H,1,9,11-12,14-19,21H2,2-7H3. The first-order chi connectivity index (χ1) is 18.2. The van der Waals surface area contributed by atoms with Crippen molar-refractivity contribution in [2.45, 2.75) is 99.3 Å². The van der Waals surface area contributed by atoms with Crippen LogP contribution in [0.3, 0.4) is 0 Å². The molecule has 2 nitrogen and oxygen atoms in total. The molecule has 0 radical (unpaired) electrons. The predicted molar refractivity (Wildman–Crippen MR) is 163 cm³/mol. The summed E-state index contributed by atoms with van der Waals surface area (Å²) in [5.41, 5.74) is 4.96. The summed E-state index contributed by atoms with van der Waals surface area (Å²) < 4.78 is 0. The minimum absolute atomic E-state index is 0.0431. The van der Waals surface area contributed by atoms with Crippen LogP contribution in [-0.2, 0) is 0 Å². The molecule has 9 atom stereocenters. The Kier molecular flexibility index (Phi) is 6.35. The van der Waals surface area contributed by atoms with Gasteiger partial charge >= 0.3 is 0 Å². The van der Waals surface area contributed by atoms with Crippen LogP contribution in [0.25, 0.3) is 5.57 Å². The van der Waals surface area contributed by atoms with Crippen molar-refractivity contribution in [2.75, 3.05) is 6.61 Å². The van der Waals surface area contributed by atoms with Crippen LogP contribution in [0.5, 0.6) is 5.75 Å². The summed E-state index contributed by atoms with van der Waals surface area (Å²) in [7, 11) is 0. The third-order valence-electron chi connectivity index (χ3n) is 14.4. The number of aliphatic hydroxyl groups excluding tert-OH is 1. The molecule has 39 heavy (non-hydrogen) atoms. The van der Waals surface area contributed by atoms with Crippen LogP contribution in [0.1, 0.15) is 105 Å². The molecule has 1 aromatic rings. The Morgan fingerprint density at radius 3 is 2.36 bits per heavy atom. The smallest absolute Gasteiger partial charge is 0.134 e. The minimum Gasteiger partial charge on any atom is -0.506 e. The third-order valence-corrected chi connectivity index (χ3v) is 14.7. The third kappa shape index (κ3) is 3.55. The molecule has 0 aliphatic heterocycles. The van der Waals surface area contributed by atoms with E-state index in [2.05, 4.69) is 54.2 Å². The average Bonchev–Trinajstić information content (AvgIpc) is 3.26. The van der Waals surface area contributed by atoms with Gasteiger partial charge in [0.25, 0.3) is 0 Å². The molecule has 0 spiro atoms. The zero-order chi connectivity index (χ0) is 28.2. The number of allylic oxidation sites excluding steroid dienone is 3. The molecule has 214 valence electrons. The van der Waals surface area contributed by atoms with Crippen LogP contribution in [0, 0.1) is 56.7 Å². The molecule has 3 heteroatoms. The molecule has 4 saturated carbocycles. The quantitative estimate of drug-likeness (QED) is 0.368. The number of fused-ring (bicyclic) bond motifs is 7. The SMILES string of the molecule is C=C(C)C1CCC2(CO)CCC3(C)C(CCC4C5(C)CC=C(c6ccc(O)c(Cl)c6)C(C)(C)C5CCC43C)C12. The van der Waals surface area contributed by atoms with Gasteiger partial charge in [-0.2, -0.15) is 0 Å². The fraction of sp³-hybridized carbons (Fsp3) is 0.722. The number of benzene rings is 1. The predicted octanol–water partition coefficient (Wildman–Crippen LogP) is 9.69. The van der Waals surface area contributed by atoms with Crippen molar-refractivity contribution >= 4 is 17.2 Å². The fourth-order valence-corrected chi connectivity index (χ4v) is 12.5. The summed E-state index contributed by atoms with van der Waals surface area (Å²) in [5, 5.41) is 21.3. The first-order valence-electron chi connectivity index (χ1n) is 15.7. The lowest BCUT2D eigenvalue weighted by molar-refractivity contribution is -0.228. The highest BCUT2D eigenvalue weighted by Crippen LogP contribution is 2.77. The van der Waals surface area contributed by atoms with Crippen LogP contribution in [0.2, 0.25) is 5.02 Å². The lowest BCUT2D eigenvalue weighted by Gasteiger charge is -2.72. The molecule has 0 bridgehead atoms. The molecule has 9 unspecified atom stereocenters. The molecular weight excluding hydrogens is 500 g/mol. The maximum atomic E-state index is 10.8. The van der Waals surface area contributed by atoms with E-state index in [-0.39, 0.29) is 22.0 Å². The number of hydrogen-bond acceptors (Lipinski definition) is 2. The van der Waals surface area contributed by atoms with Crippen LogP contribution in [0.15, 0.2) is 36.4 Å². The van der Waals surface area contributed by atoms with Crippen molar-refractivity contribution in [3.8, 4) is 5.75 Å². The number of rotatable bonds is 3. The molecule has 0 saturated heterocycles. The van der Waals surface area contributed by atoms with Gasteiger partial charge in [-0.25, -0.2) is 0 Å².